The van der Waals surface area contributed by atoms with Crippen molar-refractivity contribution in [2.75, 3.05) is 5.32 Å². The number of carbonyl (C=O) groups excluding carboxylic acids is 1. The van der Waals surface area contributed by atoms with Crippen LogP contribution in [0.1, 0.15) is 26.1 Å². The van der Waals surface area contributed by atoms with Crippen LogP contribution in [0.15, 0.2) is 24.3 Å². The molecule has 7 heteroatoms. The van der Waals surface area contributed by atoms with Crippen molar-refractivity contribution >= 4 is 11.7 Å². The van der Waals surface area contributed by atoms with E-state index in [-0.39, 0.29) is 12.1 Å². The van der Waals surface area contributed by atoms with Crippen molar-refractivity contribution in [3.8, 4) is 5.69 Å². The molecule has 0 spiro atoms. The summed E-state index contributed by atoms with van der Waals surface area (Å²) in [6.07, 6.45) is 0.886. The molecular weight excluding hydrogens is 256 g/mol. The summed E-state index contributed by atoms with van der Waals surface area (Å²) >= 11 is 0. The average Bonchev–Trinajstić information content (AvgIpc) is 2.85. The minimum absolute atomic E-state index is 0.139. The van der Waals surface area contributed by atoms with Gasteiger partial charge in [-0.05, 0) is 48.9 Å². The van der Waals surface area contributed by atoms with Gasteiger partial charge in [0.05, 0.1) is 5.69 Å². The highest BCUT2D eigenvalue weighted by atomic mass is 16.2. The molecule has 0 saturated heterocycles. The molecule has 2 N–H and O–H groups in total. The van der Waals surface area contributed by atoms with E-state index in [1.807, 2.05) is 45.0 Å². The van der Waals surface area contributed by atoms with Gasteiger partial charge < -0.3 is 10.6 Å². The number of amides is 2. The number of nitrogens with one attached hydrogen (secondary N) is 2. The largest absolute Gasteiger partial charge is 0.335 e. The Morgan fingerprint density at radius 1 is 1.45 bits per heavy atom. The van der Waals surface area contributed by atoms with E-state index in [1.54, 1.807) is 4.68 Å². The summed E-state index contributed by atoms with van der Waals surface area (Å²) in [5.41, 5.74) is 1.49. The molecule has 1 aromatic heterocycles. The Hall–Kier alpha value is -2.44. The second-order valence-corrected chi connectivity index (χ2v) is 4.60. The molecule has 2 rings (SSSR count). The van der Waals surface area contributed by atoms with E-state index >= 15 is 0 Å². The fourth-order valence-electron chi connectivity index (χ4n) is 1.68. The first-order chi connectivity index (χ1) is 9.60. The fraction of sp³-hybridized carbons (Fsp3) is 0.385. The number of anilines is 1. The third-order valence-electron chi connectivity index (χ3n) is 2.96. The Morgan fingerprint density at radius 2 is 2.25 bits per heavy atom. The highest BCUT2D eigenvalue weighted by Crippen LogP contribution is 2.14. The molecule has 106 valence electrons. The Morgan fingerprint density at radius 3 is 2.90 bits per heavy atom. The maximum absolute atomic E-state index is 11.8. The monoisotopic (exact) mass is 274 g/mol. The molecule has 2 amide bonds. The van der Waals surface area contributed by atoms with Crippen LogP contribution >= 0.6 is 0 Å². The first-order valence-electron chi connectivity index (χ1n) is 6.53. The van der Waals surface area contributed by atoms with Crippen LogP contribution in [0.2, 0.25) is 0 Å². The molecule has 1 unspecified atom stereocenters. The van der Waals surface area contributed by atoms with Gasteiger partial charge in [0.25, 0.3) is 0 Å². The zero-order chi connectivity index (χ0) is 14.5. The number of aromatic nitrogens is 4. The highest BCUT2D eigenvalue weighted by Gasteiger charge is 2.07. The van der Waals surface area contributed by atoms with Crippen molar-refractivity contribution in [1.82, 2.24) is 25.5 Å². The molecule has 0 aliphatic heterocycles. The maximum atomic E-state index is 11.8. The predicted molar refractivity (Wildman–Crippen MR) is 75.8 cm³/mol. The second-order valence-electron chi connectivity index (χ2n) is 4.60. The number of hydrogen-bond acceptors (Lipinski definition) is 4. The molecule has 1 heterocycles. The van der Waals surface area contributed by atoms with Crippen LogP contribution in [0, 0.1) is 6.92 Å². The predicted octanol–water partition coefficient (Wildman–Crippen LogP) is 1.89. The minimum atomic E-state index is -0.218. The zero-order valence-electron chi connectivity index (χ0n) is 11.8. The van der Waals surface area contributed by atoms with Crippen LogP contribution < -0.4 is 10.6 Å². The van der Waals surface area contributed by atoms with E-state index in [2.05, 4.69) is 26.2 Å². The number of tetrazole rings is 1. The Labute approximate surface area is 117 Å². The molecular formula is C13H18N6O. The summed E-state index contributed by atoms with van der Waals surface area (Å²) in [7, 11) is 0. The van der Waals surface area contributed by atoms with Gasteiger partial charge in [0.15, 0.2) is 5.82 Å². The van der Waals surface area contributed by atoms with Gasteiger partial charge in [-0.1, -0.05) is 13.0 Å². The number of carbonyl (C=O) groups is 1. The van der Waals surface area contributed by atoms with Gasteiger partial charge in [-0.25, -0.2) is 4.79 Å². The van der Waals surface area contributed by atoms with Gasteiger partial charge in [0.2, 0.25) is 0 Å². The quantitative estimate of drug-likeness (QED) is 0.891. The van der Waals surface area contributed by atoms with Crippen molar-refractivity contribution in [2.24, 2.45) is 0 Å². The average molecular weight is 274 g/mol. The van der Waals surface area contributed by atoms with Crippen molar-refractivity contribution < 1.29 is 4.79 Å². The third kappa shape index (κ3) is 3.31. The molecule has 0 radical (unpaired) electrons. The van der Waals surface area contributed by atoms with E-state index in [9.17, 15) is 4.79 Å². The standard InChI is InChI=1S/C13H18N6O/c1-4-9(2)14-13(20)15-11-6-5-7-12(8-11)19-10(3)16-17-18-19/h5-9H,4H2,1-3H3,(H2,14,15,20). The second kappa shape index (κ2) is 6.14. The molecule has 1 aromatic carbocycles. The molecule has 0 fully saturated rings. The molecule has 0 aliphatic carbocycles. The lowest BCUT2D eigenvalue weighted by Crippen LogP contribution is -2.35. The SMILES string of the molecule is CCC(C)NC(=O)Nc1cccc(-n2nnnc2C)c1. The topological polar surface area (TPSA) is 84.7 Å². The highest BCUT2D eigenvalue weighted by molar-refractivity contribution is 5.89. The lowest BCUT2D eigenvalue weighted by Gasteiger charge is -2.13. The minimum Gasteiger partial charge on any atom is -0.335 e. The van der Waals surface area contributed by atoms with Crippen molar-refractivity contribution in [3.05, 3.63) is 30.1 Å². The van der Waals surface area contributed by atoms with Gasteiger partial charge in [-0.3, -0.25) is 0 Å². The van der Waals surface area contributed by atoms with Crippen molar-refractivity contribution in [2.45, 2.75) is 33.2 Å². The number of hydrogen-bond donors (Lipinski definition) is 2. The van der Waals surface area contributed by atoms with Gasteiger partial charge in [-0.15, -0.1) is 5.10 Å². The van der Waals surface area contributed by atoms with Crippen LogP contribution in [0.25, 0.3) is 5.69 Å². The van der Waals surface area contributed by atoms with Gasteiger partial charge in [-0.2, -0.15) is 4.68 Å². The zero-order valence-corrected chi connectivity index (χ0v) is 11.8. The third-order valence-corrected chi connectivity index (χ3v) is 2.96. The fourth-order valence-corrected chi connectivity index (χ4v) is 1.68. The molecule has 0 saturated carbocycles. The lowest BCUT2D eigenvalue weighted by atomic mass is 10.2. The molecule has 0 aliphatic rings. The number of rotatable bonds is 4. The summed E-state index contributed by atoms with van der Waals surface area (Å²) < 4.78 is 1.61. The Bertz CT molecular complexity index is 594. The van der Waals surface area contributed by atoms with Gasteiger partial charge in [0, 0.05) is 11.7 Å². The van der Waals surface area contributed by atoms with Crippen LogP contribution in [-0.4, -0.2) is 32.3 Å². The van der Waals surface area contributed by atoms with Crippen LogP contribution in [0.4, 0.5) is 10.5 Å². The Balaban J connectivity index is 2.11. The summed E-state index contributed by atoms with van der Waals surface area (Å²) in [6, 6.07) is 7.28. The first-order valence-corrected chi connectivity index (χ1v) is 6.53. The smallest absolute Gasteiger partial charge is 0.319 e. The maximum Gasteiger partial charge on any atom is 0.319 e. The van der Waals surface area contributed by atoms with Crippen LogP contribution in [0.5, 0.6) is 0 Å². The van der Waals surface area contributed by atoms with Crippen LogP contribution in [0.3, 0.4) is 0 Å². The van der Waals surface area contributed by atoms with E-state index in [0.29, 0.717) is 11.5 Å². The van der Waals surface area contributed by atoms with Crippen molar-refractivity contribution in [3.63, 3.8) is 0 Å². The number of nitrogens with zero attached hydrogens (tertiary/aromatic N) is 4. The molecule has 1 atom stereocenters. The molecule has 7 nitrogen and oxygen atoms in total. The van der Waals surface area contributed by atoms with E-state index in [1.165, 1.54) is 0 Å². The van der Waals surface area contributed by atoms with Crippen molar-refractivity contribution in [1.29, 1.82) is 0 Å². The van der Waals surface area contributed by atoms with Gasteiger partial charge in [0.1, 0.15) is 0 Å². The summed E-state index contributed by atoms with van der Waals surface area (Å²) in [5, 5.41) is 17.0. The first kappa shape index (κ1) is 14.0. The molecule has 20 heavy (non-hydrogen) atoms. The lowest BCUT2D eigenvalue weighted by molar-refractivity contribution is 0.249. The number of urea groups is 1. The summed E-state index contributed by atoms with van der Waals surface area (Å²) in [5.74, 6) is 0.686. The summed E-state index contributed by atoms with van der Waals surface area (Å²) in [4.78, 5) is 11.8. The number of benzene rings is 1. The molecule has 2 aromatic rings. The van der Waals surface area contributed by atoms with E-state index in [4.69, 9.17) is 0 Å². The Kier molecular flexibility index (Phi) is 4.29. The van der Waals surface area contributed by atoms with E-state index in [0.717, 1.165) is 12.1 Å². The van der Waals surface area contributed by atoms with E-state index < -0.39 is 0 Å². The molecule has 0 bridgehead atoms. The normalized spacial score (nSPS) is 11.9. The summed E-state index contributed by atoms with van der Waals surface area (Å²) in [6.45, 7) is 5.79. The van der Waals surface area contributed by atoms with Gasteiger partial charge >= 0.3 is 6.03 Å². The number of aryl methyl sites for hydroxylation is 1. The van der Waals surface area contributed by atoms with Crippen LogP contribution in [-0.2, 0) is 0 Å².